The van der Waals surface area contributed by atoms with Crippen molar-refractivity contribution in [1.29, 1.82) is 0 Å². The molecule has 1 aliphatic rings. The first-order chi connectivity index (χ1) is 8.33. The van der Waals surface area contributed by atoms with Gasteiger partial charge in [-0.1, -0.05) is 0 Å². The van der Waals surface area contributed by atoms with Crippen LogP contribution in [0.3, 0.4) is 0 Å². The van der Waals surface area contributed by atoms with Crippen LogP contribution < -0.4 is 11.1 Å². The molecule has 3 N–H and O–H groups in total. The number of hydrogen-bond donors (Lipinski definition) is 2. The Morgan fingerprint density at radius 3 is 3.24 bits per heavy atom. The lowest BCUT2D eigenvalue weighted by atomic mass is 9.94. The third-order valence-corrected chi connectivity index (χ3v) is 4.15. The number of nitrogens with zero attached hydrogens (tertiary/aromatic N) is 1. The highest BCUT2D eigenvalue weighted by molar-refractivity contribution is 7.10. The second-order valence-electron chi connectivity index (χ2n) is 4.40. The van der Waals surface area contributed by atoms with Gasteiger partial charge in [-0.3, -0.25) is 4.98 Å². The summed E-state index contributed by atoms with van der Waals surface area (Å²) in [6.07, 6.45) is 7.15. The van der Waals surface area contributed by atoms with Crippen LogP contribution in [0.1, 0.15) is 29.3 Å². The number of nitrogens with two attached hydrogens (primary N) is 1. The highest BCUT2D eigenvalue weighted by atomic mass is 32.1. The van der Waals surface area contributed by atoms with Gasteiger partial charge in [-0.2, -0.15) is 0 Å². The van der Waals surface area contributed by atoms with Gasteiger partial charge in [-0.15, -0.1) is 11.3 Å². The fourth-order valence-electron chi connectivity index (χ4n) is 2.37. The molecule has 1 atom stereocenters. The summed E-state index contributed by atoms with van der Waals surface area (Å²) in [7, 11) is 0. The second-order valence-corrected chi connectivity index (χ2v) is 5.40. The molecule has 0 fully saturated rings. The monoisotopic (exact) mass is 245 g/mol. The average molecular weight is 245 g/mol. The van der Waals surface area contributed by atoms with Gasteiger partial charge in [0, 0.05) is 11.1 Å². The topological polar surface area (TPSA) is 50.9 Å². The molecule has 0 radical (unpaired) electrons. The van der Waals surface area contributed by atoms with Gasteiger partial charge < -0.3 is 11.1 Å². The van der Waals surface area contributed by atoms with E-state index in [4.69, 9.17) is 5.73 Å². The fourth-order valence-corrected chi connectivity index (χ4v) is 3.36. The van der Waals surface area contributed by atoms with E-state index in [1.807, 2.05) is 23.6 Å². The zero-order valence-corrected chi connectivity index (χ0v) is 10.3. The van der Waals surface area contributed by atoms with Gasteiger partial charge in [0.1, 0.15) is 0 Å². The van der Waals surface area contributed by atoms with E-state index in [2.05, 4.69) is 21.7 Å². The molecule has 3 rings (SSSR count). The summed E-state index contributed by atoms with van der Waals surface area (Å²) in [5.41, 5.74) is 8.90. The summed E-state index contributed by atoms with van der Waals surface area (Å²) < 4.78 is 0. The molecule has 2 aromatic heterocycles. The molecular weight excluding hydrogens is 230 g/mol. The number of rotatable bonds is 2. The Hall–Kier alpha value is -1.55. The molecule has 1 unspecified atom stereocenters. The maximum atomic E-state index is 5.74. The molecule has 3 nitrogen and oxygen atoms in total. The second kappa shape index (κ2) is 4.37. The molecule has 0 saturated heterocycles. The van der Waals surface area contributed by atoms with Crippen molar-refractivity contribution >= 4 is 22.7 Å². The van der Waals surface area contributed by atoms with Crippen LogP contribution in [0.5, 0.6) is 0 Å². The molecule has 2 heterocycles. The van der Waals surface area contributed by atoms with Crippen molar-refractivity contribution < 1.29 is 0 Å². The SMILES string of the molecule is Nc1cncc(NC2CCCc3sccc32)c1. The summed E-state index contributed by atoms with van der Waals surface area (Å²) in [5, 5.41) is 5.71. The van der Waals surface area contributed by atoms with Crippen LogP contribution in [0.25, 0.3) is 0 Å². The lowest BCUT2D eigenvalue weighted by Crippen LogP contribution is -2.15. The molecule has 0 bridgehead atoms. The number of pyridine rings is 1. The van der Waals surface area contributed by atoms with Crippen LogP contribution >= 0.6 is 11.3 Å². The maximum absolute atomic E-state index is 5.74. The lowest BCUT2D eigenvalue weighted by molar-refractivity contribution is 0.608. The molecule has 17 heavy (non-hydrogen) atoms. The summed E-state index contributed by atoms with van der Waals surface area (Å²) in [6, 6.07) is 4.58. The van der Waals surface area contributed by atoms with Gasteiger partial charge in [-0.05, 0) is 42.3 Å². The van der Waals surface area contributed by atoms with Gasteiger partial charge >= 0.3 is 0 Å². The lowest BCUT2D eigenvalue weighted by Gasteiger charge is -2.24. The van der Waals surface area contributed by atoms with E-state index in [1.165, 1.54) is 29.7 Å². The molecule has 0 amide bonds. The third-order valence-electron chi connectivity index (χ3n) is 3.15. The minimum atomic E-state index is 0.411. The normalized spacial score (nSPS) is 18.7. The highest BCUT2D eigenvalue weighted by Crippen LogP contribution is 2.35. The van der Waals surface area contributed by atoms with Crippen molar-refractivity contribution in [1.82, 2.24) is 4.98 Å². The third kappa shape index (κ3) is 2.13. The van der Waals surface area contributed by atoms with Crippen molar-refractivity contribution in [2.75, 3.05) is 11.1 Å². The van der Waals surface area contributed by atoms with E-state index in [0.29, 0.717) is 11.7 Å². The smallest absolute Gasteiger partial charge is 0.0552 e. The van der Waals surface area contributed by atoms with Crippen LogP contribution in [0, 0.1) is 0 Å². The number of nitrogens with one attached hydrogen (secondary N) is 1. The van der Waals surface area contributed by atoms with Gasteiger partial charge in [-0.25, -0.2) is 0 Å². The summed E-state index contributed by atoms with van der Waals surface area (Å²) in [4.78, 5) is 5.63. The Morgan fingerprint density at radius 1 is 1.41 bits per heavy atom. The predicted molar refractivity (Wildman–Crippen MR) is 72.3 cm³/mol. The summed E-state index contributed by atoms with van der Waals surface area (Å²) >= 11 is 1.86. The van der Waals surface area contributed by atoms with Crippen LogP contribution in [-0.2, 0) is 6.42 Å². The molecule has 0 aliphatic heterocycles. The Labute approximate surface area is 105 Å². The minimum absolute atomic E-state index is 0.411. The van der Waals surface area contributed by atoms with E-state index < -0.39 is 0 Å². The quantitative estimate of drug-likeness (QED) is 0.854. The standard InChI is InChI=1S/C13H15N3S/c14-9-6-10(8-15-7-9)16-12-2-1-3-13-11(12)4-5-17-13/h4-8,12,16H,1-3,14H2. The zero-order chi connectivity index (χ0) is 11.7. The Balaban J connectivity index is 1.84. The molecule has 4 heteroatoms. The van der Waals surface area contributed by atoms with E-state index >= 15 is 0 Å². The first-order valence-electron chi connectivity index (χ1n) is 5.86. The van der Waals surface area contributed by atoms with Crippen molar-refractivity contribution in [3.8, 4) is 0 Å². The number of aromatic nitrogens is 1. The first kappa shape index (κ1) is 10.6. The van der Waals surface area contributed by atoms with Gasteiger partial charge in [0.25, 0.3) is 0 Å². The minimum Gasteiger partial charge on any atom is -0.397 e. The number of nitrogen functional groups attached to an aromatic ring is 1. The first-order valence-corrected chi connectivity index (χ1v) is 6.74. The molecule has 1 aliphatic carbocycles. The molecule has 0 saturated carbocycles. The largest absolute Gasteiger partial charge is 0.397 e. The Bertz CT molecular complexity index is 521. The number of thiophene rings is 1. The van der Waals surface area contributed by atoms with Crippen LogP contribution in [-0.4, -0.2) is 4.98 Å². The van der Waals surface area contributed by atoms with Crippen LogP contribution in [0.2, 0.25) is 0 Å². The Morgan fingerprint density at radius 2 is 2.35 bits per heavy atom. The highest BCUT2D eigenvalue weighted by Gasteiger charge is 2.20. The van der Waals surface area contributed by atoms with Crippen molar-refractivity contribution in [2.45, 2.75) is 25.3 Å². The van der Waals surface area contributed by atoms with Gasteiger partial charge in [0.05, 0.1) is 23.6 Å². The van der Waals surface area contributed by atoms with Crippen molar-refractivity contribution in [3.05, 3.63) is 40.3 Å². The van der Waals surface area contributed by atoms with E-state index in [-0.39, 0.29) is 0 Å². The number of anilines is 2. The van der Waals surface area contributed by atoms with E-state index in [9.17, 15) is 0 Å². The Kier molecular flexibility index (Phi) is 2.73. The molecule has 0 aromatic carbocycles. The van der Waals surface area contributed by atoms with E-state index in [0.717, 1.165) is 5.69 Å². The summed E-state index contributed by atoms with van der Waals surface area (Å²) in [5.74, 6) is 0. The molecule has 0 spiro atoms. The average Bonchev–Trinajstić information content (AvgIpc) is 2.78. The van der Waals surface area contributed by atoms with Crippen LogP contribution in [0.15, 0.2) is 29.9 Å². The van der Waals surface area contributed by atoms with E-state index in [1.54, 1.807) is 6.20 Å². The number of hydrogen-bond acceptors (Lipinski definition) is 4. The van der Waals surface area contributed by atoms with Gasteiger partial charge in [0.15, 0.2) is 0 Å². The van der Waals surface area contributed by atoms with Crippen molar-refractivity contribution in [3.63, 3.8) is 0 Å². The zero-order valence-electron chi connectivity index (χ0n) is 9.52. The van der Waals surface area contributed by atoms with Crippen molar-refractivity contribution in [2.24, 2.45) is 0 Å². The molecular formula is C13H15N3S. The predicted octanol–water partition coefficient (Wildman–Crippen LogP) is 3.21. The number of aryl methyl sites for hydroxylation is 1. The fraction of sp³-hybridized carbons (Fsp3) is 0.308. The summed E-state index contributed by atoms with van der Waals surface area (Å²) in [6.45, 7) is 0. The molecule has 88 valence electrons. The maximum Gasteiger partial charge on any atom is 0.0552 e. The number of fused-ring (bicyclic) bond motifs is 1. The van der Waals surface area contributed by atoms with Crippen LogP contribution in [0.4, 0.5) is 11.4 Å². The molecule has 2 aromatic rings. The van der Waals surface area contributed by atoms with Gasteiger partial charge in [0.2, 0.25) is 0 Å².